The average Bonchev–Trinajstić information content (AvgIpc) is 2.63. The fourth-order valence-electron chi connectivity index (χ4n) is 3.56. The summed E-state index contributed by atoms with van der Waals surface area (Å²) in [6.07, 6.45) is 23.5. The normalized spacial score (nSPS) is 12.3. The minimum absolute atomic E-state index is 0.0343. The highest BCUT2D eigenvalue weighted by molar-refractivity contribution is 5.69. The number of esters is 1. The van der Waals surface area contributed by atoms with Crippen LogP contribution in [0.5, 0.6) is 0 Å². The van der Waals surface area contributed by atoms with Gasteiger partial charge >= 0.3 is 5.97 Å². The molecule has 0 aromatic heterocycles. The van der Waals surface area contributed by atoms with E-state index in [-0.39, 0.29) is 12.1 Å². The maximum atomic E-state index is 12.0. The average molecular weight is 369 g/mol. The van der Waals surface area contributed by atoms with Crippen LogP contribution in [0.15, 0.2) is 0 Å². The molecule has 0 aromatic carbocycles. The molecule has 2 nitrogen and oxygen atoms in total. The van der Waals surface area contributed by atoms with Crippen LogP contribution < -0.4 is 0 Å². The van der Waals surface area contributed by atoms with Gasteiger partial charge in [-0.1, -0.05) is 111 Å². The summed E-state index contributed by atoms with van der Waals surface area (Å²) in [7, 11) is 0. The number of hydrogen-bond donors (Lipinski definition) is 0. The molecule has 1 atom stereocenters. The second kappa shape index (κ2) is 20.8. The van der Waals surface area contributed by atoms with Crippen LogP contribution in [0.2, 0.25) is 0 Å². The van der Waals surface area contributed by atoms with E-state index in [0.717, 1.165) is 25.7 Å². The Morgan fingerprint density at radius 2 is 1.04 bits per heavy atom. The number of carbonyl (C=O) groups excluding carboxylic acids is 1. The molecule has 1 unspecified atom stereocenters. The van der Waals surface area contributed by atoms with Crippen LogP contribution in [0, 0.1) is 0 Å². The van der Waals surface area contributed by atoms with E-state index in [1.165, 1.54) is 89.9 Å². The minimum atomic E-state index is 0.0343. The van der Waals surface area contributed by atoms with Crippen molar-refractivity contribution in [1.82, 2.24) is 0 Å². The molecule has 0 fully saturated rings. The molecule has 0 radical (unpaired) electrons. The molecule has 0 spiro atoms. The van der Waals surface area contributed by atoms with Crippen molar-refractivity contribution in [3.8, 4) is 0 Å². The third kappa shape index (κ3) is 18.3. The van der Waals surface area contributed by atoms with E-state index >= 15 is 0 Å². The summed E-state index contributed by atoms with van der Waals surface area (Å²) in [5.74, 6) is 0.0343. The van der Waals surface area contributed by atoms with E-state index in [1.807, 2.05) is 0 Å². The Morgan fingerprint density at radius 1 is 0.577 bits per heavy atom. The highest BCUT2D eigenvalue weighted by Gasteiger charge is 2.13. The summed E-state index contributed by atoms with van der Waals surface area (Å²) in [5, 5.41) is 0. The topological polar surface area (TPSA) is 26.3 Å². The Morgan fingerprint density at radius 3 is 1.54 bits per heavy atom. The van der Waals surface area contributed by atoms with Crippen molar-refractivity contribution in [3.05, 3.63) is 0 Å². The van der Waals surface area contributed by atoms with Gasteiger partial charge in [0.05, 0.1) is 0 Å². The fourth-order valence-corrected chi connectivity index (χ4v) is 3.56. The van der Waals surface area contributed by atoms with Crippen molar-refractivity contribution in [3.63, 3.8) is 0 Å². The van der Waals surface area contributed by atoms with Gasteiger partial charge in [-0.05, 0) is 25.7 Å². The van der Waals surface area contributed by atoms with Crippen molar-refractivity contribution >= 4 is 5.97 Å². The summed E-state index contributed by atoms with van der Waals surface area (Å²) < 4.78 is 5.74. The lowest BCUT2D eigenvalue weighted by molar-refractivity contribution is -0.150. The predicted molar refractivity (Wildman–Crippen MR) is 115 cm³/mol. The Bertz CT molecular complexity index is 288. The molecule has 0 bridgehead atoms. The summed E-state index contributed by atoms with van der Waals surface area (Å²) in [6, 6.07) is 0. The molecule has 2 heteroatoms. The molecule has 0 heterocycles. The van der Waals surface area contributed by atoms with E-state index in [4.69, 9.17) is 4.74 Å². The third-order valence-corrected chi connectivity index (χ3v) is 5.27. The molecule has 0 amide bonds. The molecular formula is C24H48O2. The number of rotatable bonds is 20. The van der Waals surface area contributed by atoms with Gasteiger partial charge < -0.3 is 4.74 Å². The number of unbranched alkanes of at least 4 members (excludes halogenated alkanes) is 13. The lowest BCUT2D eigenvalue weighted by Crippen LogP contribution is -2.18. The van der Waals surface area contributed by atoms with Crippen LogP contribution in [0.4, 0.5) is 0 Å². The summed E-state index contributed by atoms with van der Waals surface area (Å²) >= 11 is 0. The summed E-state index contributed by atoms with van der Waals surface area (Å²) in [5.41, 5.74) is 0. The first kappa shape index (κ1) is 25.5. The van der Waals surface area contributed by atoms with Crippen molar-refractivity contribution in [2.45, 2.75) is 149 Å². The zero-order valence-corrected chi connectivity index (χ0v) is 18.3. The summed E-state index contributed by atoms with van der Waals surface area (Å²) in [4.78, 5) is 12.0. The van der Waals surface area contributed by atoms with E-state index < -0.39 is 0 Å². The van der Waals surface area contributed by atoms with Gasteiger partial charge in [0.2, 0.25) is 0 Å². The van der Waals surface area contributed by atoms with Crippen LogP contribution in [0.3, 0.4) is 0 Å². The van der Waals surface area contributed by atoms with E-state index in [1.54, 1.807) is 0 Å². The molecule has 0 aromatic rings. The van der Waals surface area contributed by atoms with Gasteiger partial charge in [0.15, 0.2) is 0 Å². The molecule has 0 N–H and O–H groups in total. The van der Waals surface area contributed by atoms with Crippen molar-refractivity contribution in [1.29, 1.82) is 0 Å². The van der Waals surface area contributed by atoms with Gasteiger partial charge in [-0.2, -0.15) is 0 Å². The summed E-state index contributed by atoms with van der Waals surface area (Å²) in [6.45, 7) is 6.68. The monoisotopic (exact) mass is 368 g/mol. The zero-order valence-electron chi connectivity index (χ0n) is 18.3. The molecular weight excluding hydrogens is 320 g/mol. The van der Waals surface area contributed by atoms with Crippen LogP contribution in [0.25, 0.3) is 0 Å². The van der Waals surface area contributed by atoms with E-state index in [0.29, 0.717) is 6.42 Å². The first-order chi connectivity index (χ1) is 12.7. The molecule has 0 saturated heterocycles. The molecule has 0 aliphatic rings. The highest BCUT2D eigenvalue weighted by Crippen LogP contribution is 2.16. The molecule has 0 rings (SSSR count). The van der Waals surface area contributed by atoms with Crippen LogP contribution in [-0.2, 0) is 9.53 Å². The minimum Gasteiger partial charge on any atom is -0.462 e. The van der Waals surface area contributed by atoms with Gasteiger partial charge in [0, 0.05) is 6.42 Å². The quantitative estimate of drug-likeness (QED) is 0.159. The molecule has 0 aliphatic heterocycles. The number of ether oxygens (including phenoxy) is 1. The molecule has 0 aliphatic carbocycles. The van der Waals surface area contributed by atoms with Crippen molar-refractivity contribution in [2.24, 2.45) is 0 Å². The lowest BCUT2D eigenvalue weighted by atomic mass is 10.0. The highest BCUT2D eigenvalue weighted by atomic mass is 16.5. The first-order valence-electron chi connectivity index (χ1n) is 11.9. The zero-order chi connectivity index (χ0) is 19.3. The lowest BCUT2D eigenvalue weighted by Gasteiger charge is -2.17. The van der Waals surface area contributed by atoms with Gasteiger partial charge in [0.25, 0.3) is 0 Å². The Kier molecular flexibility index (Phi) is 20.4. The molecule has 156 valence electrons. The molecule has 26 heavy (non-hydrogen) atoms. The smallest absolute Gasteiger partial charge is 0.306 e. The Labute approximate surface area is 164 Å². The fraction of sp³-hybridized carbons (Fsp3) is 0.958. The van der Waals surface area contributed by atoms with Crippen molar-refractivity contribution in [2.75, 3.05) is 0 Å². The van der Waals surface area contributed by atoms with Gasteiger partial charge in [-0.25, -0.2) is 0 Å². The largest absolute Gasteiger partial charge is 0.462 e. The second-order valence-electron chi connectivity index (χ2n) is 8.04. The van der Waals surface area contributed by atoms with Crippen LogP contribution >= 0.6 is 0 Å². The Balaban J connectivity index is 3.61. The van der Waals surface area contributed by atoms with E-state index in [9.17, 15) is 4.79 Å². The maximum absolute atomic E-state index is 12.0. The first-order valence-corrected chi connectivity index (χ1v) is 11.9. The van der Waals surface area contributed by atoms with Crippen LogP contribution in [0.1, 0.15) is 143 Å². The second-order valence-corrected chi connectivity index (χ2v) is 8.04. The maximum Gasteiger partial charge on any atom is 0.306 e. The van der Waals surface area contributed by atoms with E-state index in [2.05, 4.69) is 20.8 Å². The van der Waals surface area contributed by atoms with Gasteiger partial charge in [0.1, 0.15) is 6.10 Å². The standard InChI is InChI=1S/C24H48O2/c1-4-7-9-11-12-13-14-15-17-18-21-23(20-6-3)26-24(25)22-19-16-10-8-5-2/h23H,4-22H2,1-3H3. The number of hydrogen-bond acceptors (Lipinski definition) is 2. The van der Waals surface area contributed by atoms with Gasteiger partial charge in [-0.3, -0.25) is 4.79 Å². The predicted octanol–water partition coefficient (Wildman–Crippen LogP) is 8.37. The number of carbonyl (C=O) groups is 1. The van der Waals surface area contributed by atoms with Gasteiger partial charge in [-0.15, -0.1) is 0 Å². The Hall–Kier alpha value is -0.530. The van der Waals surface area contributed by atoms with Crippen LogP contribution in [-0.4, -0.2) is 12.1 Å². The SMILES string of the molecule is CCCCCCCCCCCCC(CCC)OC(=O)CCCCCCC. The third-order valence-electron chi connectivity index (χ3n) is 5.27. The molecule has 0 saturated carbocycles. The van der Waals surface area contributed by atoms with Crippen molar-refractivity contribution < 1.29 is 9.53 Å².